The predicted octanol–water partition coefficient (Wildman–Crippen LogP) is 3.86. The second-order valence-corrected chi connectivity index (χ2v) is 7.23. The SMILES string of the molecule is Cc1ccc(Nc2nc(N/N=C\c3cccc(Cl)c3)nc(N3CCOCC3)n2)cc1. The van der Waals surface area contributed by atoms with Gasteiger partial charge >= 0.3 is 0 Å². The molecule has 0 atom stereocenters. The molecule has 0 amide bonds. The smallest absolute Gasteiger partial charge is 0.250 e. The van der Waals surface area contributed by atoms with Crippen LogP contribution in [0.15, 0.2) is 53.6 Å². The van der Waals surface area contributed by atoms with Gasteiger partial charge in [0, 0.05) is 23.8 Å². The molecule has 0 unspecified atom stereocenters. The van der Waals surface area contributed by atoms with Gasteiger partial charge in [0.1, 0.15) is 0 Å². The maximum absolute atomic E-state index is 6.02. The summed E-state index contributed by atoms with van der Waals surface area (Å²) < 4.78 is 5.43. The van der Waals surface area contributed by atoms with E-state index in [-0.39, 0.29) is 0 Å². The summed E-state index contributed by atoms with van der Waals surface area (Å²) in [5.74, 6) is 1.36. The monoisotopic (exact) mass is 423 g/mol. The summed E-state index contributed by atoms with van der Waals surface area (Å²) in [6.07, 6.45) is 1.66. The minimum absolute atomic E-state index is 0.347. The van der Waals surface area contributed by atoms with Crippen molar-refractivity contribution >= 4 is 41.3 Å². The number of nitrogens with one attached hydrogen (secondary N) is 2. The normalized spacial score (nSPS) is 14.1. The third-order valence-electron chi connectivity index (χ3n) is 4.45. The fourth-order valence-electron chi connectivity index (χ4n) is 2.89. The largest absolute Gasteiger partial charge is 0.378 e. The van der Waals surface area contributed by atoms with Crippen molar-refractivity contribution in [3.63, 3.8) is 0 Å². The van der Waals surface area contributed by atoms with E-state index in [2.05, 4.69) is 35.7 Å². The number of nitrogens with zero attached hydrogens (tertiary/aromatic N) is 5. The lowest BCUT2D eigenvalue weighted by atomic mass is 10.2. The zero-order valence-corrected chi connectivity index (χ0v) is 17.3. The average molecular weight is 424 g/mol. The van der Waals surface area contributed by atoms with E-state index in [1.165, 1.54) is 5.56 Å². The van der Waals surface area contributed by atoms with E-state index in [0.29, 0.717) is 36.1 Å². The highest BCUT2D eigenvalue weighted by Gasteiger charge is 2.16. The number of anilines is 4. The molecule has 1 aliphatic rings. The van der Waals surface area contributed by atoms with E-state index in [0.717, 1.165) is 24.3 Å². The molecule has 1 fully saturated rings. The van der Waals surface area contributed by atoms with Gasteiger partial charge in [0.15, 0.2) is 0 Å². The Morgan fingerprint density at radius 3 is 2.57 bits per heavy atom. The van der Waals surface area contributed by atoms with Crippen LogP contribution in [0, 0.1) is 6.92 Å². The van der Waals surface area contributed by atoms with E-state index in [4.69, 9.17) is 16.3 Å². The van der Waals surface area contributed by atoms with Crippen LogP contribution < -0.4 is 15.6 Å². The highest BCUT2D eigenvalue weighted by molar-refractivity contribution is 6.30. The topological polar surface area (TPSA) is 87.6 Å². The number of hydrogen-bond donors (Lipinski definition) is 2. The molecule has 0 saturated carbocycles. The Hall–Kier alpha value is -3.23. The molecule has 1 aliphatic heterocycles. The fourth-order valence-corrected chi connectivity index (χ4v) is 3.09. The zero-order valence-electron chi connectivity index (χ0n) is 16.5. The first kappa shape index (κ1) is 20.1. The molecule has 1 aromatic heterocycles. The minimum Gasteiger partial charge on any atom is -0.378 e. The maximum atomic E-state index is 6.02. The second-order valence-electron chi connectivity index (χ2n) is 6.80. The van der Waals surface area contributed by atoms with Crippen molar-refractivity contribution in [2.75, 3.05) is 41.9 Å². The molecule has 0 radical (unpaired) electrons. The summed E-state index contributed by atoms with van der Waals surface area (Å²) in [5.41, 5.74) is 5.84. The molecule has 0 bridgehead atoms. The Morgan fingerprint density at radius 1 is 1.03 bits per heavy atom. The van der Waals surface area contributed by atoms with Gasteiger partial charge in [-0.3, -0.25) is 0 Å². The quantitative estimate of drug-likeness (QED) is 0.459. The lowest BCUT2D eigenvalue weighted by Crippen LogP contribution is -2.37. The lowest BCUT2D eigenvalue weighted by molar-refractivity contribution is 0.122. The van der Waals surface area contributed by atoms with Crippen molar-refractivity contribution in [3.05, 3.63) is 64.7 Å². The number of hydrazone groups is 1. The summed E-state index contributed by atoms with van der Waals surface area (Å²) in [7, 11) is 0. The van der Waals surface area contributed by atoms with Gasteiger partial charge in [-0.25, -0.2) is 5.43 Å². The summed E-state index contributed by atoms with van der Waals surface area (Å²) in [4.78, 5) is 15.6. The number of aryl methyl sites for hydroxylation is 1. The van der Waals surface area contributed by atoms with Gasteiger partial charge in [0.25, 0.3) is 0 Å². The Bertz CT molecular complexity index is 1020. The molecule has 0 aliphatic carbocycles. The molecular formula is C21H22ClN7O. The van der Waals surface area contributed by atoms with E-state index < -0.39 is 0 Å². The zero-order chi connectivity index (χ0) is 20.8. The van der Waals surface area contributed by atoms with Crippen LogP contribution in [0.4, 0.5) is 23.5 Å². The third kappa shape index (κ3) is 5.43. The first-order valence-electron chi connectivity index (χ1n) is 9.63. The molecule has 2 aromatic carbocycles. The Kier molecular flexibility index (Phi) is 6.36. The highest BCUT2D eigenvalue weighted by Crippen LogP contribution is 2.19. The number of hydrogen-bond acceptors (Lipinski definition) is 8. The fraction of sp³-hybridized carbons (Fsp3) is 0.238. The van der Waals surface area contributed by atoms with Gasteiger partial charge in [-0.15, -0.1) is 0 Å². The van der Waals surface area contributed by atoms with Crippen LogP contribution in [0.5, 0.6) is 0 Å². The van der Waals surface area contributed by atoms with Crippen LogP contribution in [0.3, 0.4) is 0 Å². The summed E-state index contributed by atoms with van der Waals surface area (Å²) >= 11 is 6.02. The average Bonchev–Trinajstić information content (AvgIpc) is 2.76. The first-order valence-corrected chi connectivity index (χ1v) is 10.0. The van der Waals surface area contributed by atoms with Gasteiger partial charge in [-0.2, -0.15) is 20.1 Å². The first-order chi connectivity index (χ1) is 14.7. The van der Waals surface area contributed by atoms with Crippen molar-refractivity contribution in [1.82, 2.24) is 15.0 Å². The van der Waals surface area contributed by atoms with Gasteiger partial charge in [-0.05, 0) is 36.8 Å². The summed E-state index contributed by atoms with van der Waals surface area (Å²) in [6, 6.07) is 15.4. The highest BCUT2D eigenvalue weighted by atomic mass is 35.5. The molecule has 2 N–H and O–H groups in total. The molecule has 2 heterocycles. The van der Waals surface area contributed by atoms with Gasteiger partial charge < -0.3 is 15.0 Å². The molecule has 8 nitrogen and oxygen atoms in total. The van der Waals surface area contributed by atoms with E-state index in [1.807, 2.05) is 55.5 Å². The molecule has 0 spiro atoms. The predicted molar refractivity (Wildman–Crippen MR) is 120 cm³/mol. The maximum Gasteiger partial charge on any atom is 0.250 e. The van der Waals surface area contributed by atoms with E-state index in [9.17, 15) is 0 Å². The van der Waals surface area contributed by atoms with Crippen LogP contribution >= 0.6 is 11.6 Å². The van der Waals surface area contributed by atoms with Crippen LogP contribution in [0.2, 0.25) is 5.02 Å². The van der Waals surface area contributed by atoms with Crippen LogP contribution in [0.25, 0.3) is 0 Å². The van der Waals surface area contributed by atoms with E-state index >= 15 is 0 Å². The van der Waals surface area contributed by atoms with E-state index in [1.54, 1.807) is 6.21 Å². The molecule has 154 valence electrons. The molecule has 9 heteroatoms. The van der Waals surface area contributed by atoms with Crippen LogP contribution in [0.1, 0.15) is 11.1 Å². The van der Waals surface area contributed by atoms with Crippen LogP contribution in [-0.4, -0.2) is 47.5 Å². The number of ether oxygens (including phenoxy) is 1. The van der Waals surface area contributed by atoms with Gasteiger partial charge in [0.2, 0.25) is 17.8 Å². The standard InChI is InChI=1S/C21H22ClN7O/c1-15-5-7-18(8-6-15)24-19-25-20(27-21(26-19)29-9-11-30-12-10-29)28-23-14-16-3-2-4-17(22)13-16/h2-8,13-14H,9-12H2,1H3,(H2,24,25,26,27,28)/b23-14-. The van der Waals surface area contributed by atoms with Crippen LogP contribution in [-0.2, 0) is 4.74 Å². The van der Waals surface area contributed by atoms with Crippen molar-refractivity contribution in [1.29, 1.82) is 0 Å². The molecule has 3 aromatic rings. The number of halogens is 1. The number of morpholine rings is 1. The Morgan fingerprint density at radius 2 is 1.80 bits per heavy atom. The number of benzene rings is 2. The Balaban J connectivity index is 1.56. The van der Waals surface area contributed by atoms with Crippen molar-refractivity contribution in [2.45, 2.75) is 6.92 Å². The second kappa shape index (κ2) is 9.51. The van der Waals surface area contributed by atoms with Gasteiger partial charge in [0.05, 0.1) is 19.4 Å². The number of aromatic nitrogens is 3. The summed E-state index contributed by atoms with van der Waals surface area (Å²) in [6.45, 7) is 4.77. The van der Waals surface area contributed by atoms with Crippen molar-refractivity contribution in [2.24, 2.45) is 5.10 Å². The molecule has 4 rings (SSSR count). The number of rotatable bonds is 6. The van der Waals surface area contributed by atoms with Crippen molar-refractivity contribution in [3.8, 4) is 0 Å². The molecule has 30 heavy (non-hydrogen) atoms. The minimum atomic E-state index is 0.347. The van der Waals surface area contributed by atoms with Crippen molar-refractivity contribution < 1.29 is 4.74 Å². The summed E-state index contributed by atoms with van der Waals surface area (Å²) in [5, 5.41) is 8.13. The molecular weight excluding hydrogens is 402 g/mol. The van der Waals surface area contributed by atoms with Gasteiger partial charge in [-0.1, -0.05) is 41.4 Å². The third-order valence-corrected chi connectivity index (χ3v) is 4.69. The Labute approximate surface area is 180 Å². The molecule has 1 saturated heterocycles. The lowest BCUT2D eigenvalue weighted by Gasteiger charge is -2.27.